The predicted octanol–water partition coefficient (Wildman–Crippen LogP) is 3.43. The number of carbonyl (C=O) groups is 2. The molecule has 25 heavy (non-hydrogen) atoms. The van der Waals surface area contributed by atoms with Crippen LogP contribution in [0, 0.1) is 11.6 Å². The maximum atomic E-state index is 13.5. The van der Waals surface area contributed by atoms with Crippen LogP contribution in [0.1, 0.15) is 25.3 Å². The van der Waals surface area contributed by atoms with E-state index in [0.29, 0.717) is 12.8 Å². The van der Waals surface area contributed by atoms with Crippen molar-refractivity contribution >= 4 is 17.5 Å². The van der Waals surface area contributed by atoms with E-state index in [1.54, 1.807) is 18.2 Å². The lowest BCUT2D eigenvalue weighted by Crippen LogP contribution is -2.41. The van der Waals surface area contributed by atoms with Crippen molar-refractivity contribution in [1.82, 2.24) is 5.32 Å². The summed E-state index contributed by atoms with van der Waals surface area (Å²) < 4.78 is 26.3. The van der Waals surface area contributed by atoms with E-state index in [4.69, 9.17) is 0 Å². The van der Waals surface area contributed by atoms with Gasteiger partial charge in [0.15, 0.2) is 0 Å². The molecule has 2 rings (SSSR count). The molecular formula is C19H20F2N2O2. The molecule has 0 saturated heterocycles. The lowest BCUT2D eigenvalue weighted by molar-refractivity contribution is -0.126. The summed E-state index contributed by atoms with van der Waals surface area (Å²) >= 11 is 0. The lowest BCUT2D eigenvalue weighted by atomic mass is 10.1. The van der Waals surface area contributed by atoms with Gasteiger partial charge >= 0.3 is 0 Å². The molecule has 1 unspecified atom stereocenters. The highest BCUT2D eigenvalue weighted by Crippen LogP contribution is 2.12. The molecule has 0 spiro atoms. The summed E-state index contributed by atoms with van der Waals surface area (Å²) in [5.41, 5.74) is 1.02. The van der Waals surface area contributed by atoms with Crippen molar-refractivity contribution in [3.05, 3.63) is 65.7 Å². The minimum Gasteiger partial charge on any atom is -0.345 e. The zero-order valence-electron chi connectivity index (χ0n) is 13.9. The van der Waals surface area contributed by atoms with Gasteiger partial charge in [0.25, 0.3) is 0 Å². The highest BCUT2D eigenvalue weighted by atomic mass is 19.1. The van der Waals surface area contributed by atoms with Crippen molar-refractivity contribution in [3.63, 3.8) is 0 Å². The third-order valence-corrected chi connectivity index (χ3v) is 3.69. The molecule has 0 saturated carbocycles. The van der Waals surface area contributed by atoms with Gasteiger partial charge in [0.1, 0.15) is 17.7 Å². The second-order valence-electron chi connectivity index (χ2n) is 5.74. The molecule has 6 heteroatoms. The van der Waals surface area contributed by atoms with E-state index in [9.17, 15) is 18.4 Å². The van der Waals surface area contributed by atoms with Crippen LogP contribution in [-0.4, -0.2) is 17.9 Å². The Morgan fingerprint density at radius 1 is 1.04 bits per heavy atom. The van der Waals surface area contributed by atoms with Crippen LogP contribution in [0.2, 0.25) is 0 Å². The van der Waals surface area contributed by atoms with Crippen LogP contribution < -0.4 is 10.6 Å². The number of para-hydroxylation sites is 1. The first-order chi connectivity index (χ1) is 12.0. The Labute approximate surface area is 145 Å². The van der Waals surface area contributed by atoms with Gasteiger partial charge in [-0.3, -0.25) is 9.59 Å². The van der Waals surface area contributed by atoms with Gasteiger partial charge < -0.3 is 10.6 Å². The van der Waals surface area contributed by atoms with Crippen LogP contribution in [-0.2, 0) is 16.0 Å². The normalized spacial score (nSPS) is 11.6. The highest BCUT2D eigenvalue weighted by molar-refractivity contribution is 5.96. The fourth-order valence-corrected chi connectivity index (χ4v) is 2.29. The molecule has 0 radical (unpaired) electrons. The SMILES string of the molecule is CC(NC(=O)CCCc1ccc(F)cc1)C(=O)Nc1ccccc1F. The third-order valence-electron chi connectivity index (χ3n) is 3.69. The molecule has 2 aromatic rings. The third kappa shape index (κ3) is 5.99. The summed E-state index contributed by atoms with van der Waals surface area (Å²) in [4.78, 5) is 23.9. The minimum absolute atomic E-state index is 0.0740. The Morgan fingerprint density at radius 2 is 1.72 bits per heavy atom. The predicted molar refractivity (Wildman–Crippen MR) is 92.0 cm³/mol. The maximum Gasteiger partial charge on any atom is 0.246 e. The number of anilines is 1. The van der Waals surface area contributed by atoms with E-state index in [-0.39, 0.29) is 23.8 Å². The summed E-state index contributed by atoms with van der Waals surface area (Å²) in [6, 6.07) is 11.2. The van der Waals surface area contributed by atoms with E-state index in [1.165, 1.54) is 37.3 Å². The first-order valence-electron chi connectivity index (χ1n) is 8.05. The standard InChI is InChI=1S/C19H20F2N2O2/c1-13(19(25)23-17-7-3-2-6-16(17)21)22-18(24)8-4-5-14-9-11-15(20)12-10-14/h2-3,6-7,9-13H,4-5,8H2,1H3,(H,22,24)(H,23,25). The summed E-state index contributed by atoms with van der Waals surface area (Å²) in [7, 11) is 0. The monoisotopic (exact) mass is 346 g/mol. The van der Waals surface area contributed by atoms with Gasteiger partial charge in [-0.1, -0.05) is 24.3 Å². The van der Waals surface area contributed by atoms with Crippen molar-refractivity contribution in [1.29, 1.82) is 0 Å². The number of amides is 2. The molecule has 0 aliphatic carbocycles. The number of rotatable bonds is 7. The molecule has 0 bridgehead atoms. The fraction of sp³-hybridized carbons (Fsp3) is 0.263. The molecule has 2 aromatic carbocycles. The van der Waals surface area contributed by atoms with Crippen LogP contribution in [0.15, 0.2) is 48.5 Å². The maximum absolute atomic E-state index is 13.5. The molecule has 0 aliphatic rings. The van der Waals surface area contributed by atoms with Crippen LogP contribution in [0.5, 0.6) is 0 Å². The lowest BCUT2D eigenvalue weighted by Gasteiger charge is -2.14. The second kappa shape index (κ2) is 8.92. The Kier molecular flexibility index (Phi) is 6.62. The van der Waals surface area contributed by atoms with Gasteiger partial charge in [-0.2, -0.15) is 0 Å². The number of carbonyl (C=O) groups excluding carboxylic acids is 2. The summed E-state index contributed by atoms with van der Waals surface area (Å²) in [5, 5.41) is 5.02. The van der Waals surface area contributed by atoms with Crippen molar-refractivity contribution in [2.75, 3.05) is 5.32 Å². The van der Waals surface area contributed by atoms with Gasteiger partial charge in [0, 0.05) is 6.42 Å². The first kappa shape index (κ1) is 18.6. The fourth-order valence-electron chi connectivity index (χ4n) is 2.29. The number of nitrogens with one attached hydrogen (secondary N) is 2. The van der Waals surface area contributed by atoms with E-state index in [0.717, 1.165) is 5.56 Å². The minimum atomic E-state index is -0.780. The summed E-state index contributed by atoms with van der Waals surface area (Å²) in [6.07, 6.45) is 1.47. The number of halogens is 2. The zero-order chi connectivity index (χ0) is 18.2. The van der Waals surface area contributed by atoms with Crippen molar-refractivity contribution in [2.24, 2.45) is 0 Å². The molecule has 0 aliphatic heterocycles. The molecule has 0 aromatic heterocycles. The molecule has 132 valence electrons. The van der Waals surface area contributed by atoms with Crippen LogP contribution in [0.25, 0.3) is 0 Å². The molecule has 2 amide bonds. The van der Waals surface area contributed by atoms with E-state index in [1.807, 2.05) is 0 Å². The molecule has 2 N–H and O–H groups in total. The number of hydrogen-bond donors (Lipinski definition) is 2. The molecule has 4 nitrogen and oxygen atoms in total. The van der Waals surface area contributed by atoms with E-state index < -0.39 is 17.8 Å². The van der Waals surface area contributed by atoms with Gasteiger partial charge in [-0.15, -0.1) is 0 Å². The molecule has 0 fully saturated rings. The van der Waals surface area contributed by atoms with Crippen molar-refractivity contribution in [2.45, 2.75) is 32.2 Å². The van der Waals surface area contributed by atoms with Crippen LogP contribution in [0.3, 0.4) is 0 Å². The summed E-state index contributed by atoms with van der Waals surface area (Å²) in [5.74, 6) is -1.58. The van der Waals surface area contributed by atoms with Crippen molar-refractivity contribution in [3.8, 4) is 0 Å². The van der Waals surface area contributed by atoms with E-state index in [2.05, 4.69) is 10.6 Å². The van der Waals surface area contributed by atoms with E-state index >= 15 is 0 Å². The van der Waals surface area contributed by atoms with Crippen molar-refractivity contribution < 1.29 is 18.4 Å². The topological polar surface area (TPSA) is 58.2 Å². The Morgan fingerprint density at radius 3 is 2.40 bits per heavy atom. The zero-order valence-corrected chi connectivity index (χ0v) is 13.9. The van der Waals surface area contributed by atoms with Gasteiger partial charge in [0.05, 0.1) is 5.69 Å². The average Bonchev–Trinajstić information content (AvgIpc) is 2.58. The van der Waals surface area contributed by atoms with Gasteiger partial charge in [-0.05, 0) is 49.6 Å². The Balaban J connectivity index is 1.74. The van der Waals surface area contributed by atoms with Crippen LogP contribution in [0.4, 0.5) is 14.5 Å². The average molecular weight is 346 g/mol. The molecule has 0 heterocycles. The highest BCUT2D eigenvalue weighted by Gasteiger charge is 2.16. The Hall–Kier alpha value is -2.76. The first-order valence-corrected chi connectivity index (χ1v) is 8.05. The molecule has 1 atom stereocenters. The van der Waals surface area contributed by atoms with Gasteiger partial charge in [0.2, 0.25) is 11.8 Å². The number of benzene rings is 2. The number of hydrogen-bond acceptors (Lipinski definition) is 2. The number of aryl methyl sites for hydroxylation is 1. The smallest absolute Gasteiger partial charge is 0.246 e. The van der Waals surface area contributed by atoms with Crippen LogP contribution >= 0.6 is 0 Å². The van der Waals surface area contributed by atoms with Gasteiger partial charge in [-0.25, -0.2) is 8.78 Å². The second-order valence-corrected chi connectivity index (χ2v) is 5.74. The largest absolute Gasteiger partial charge is 0.345 e. The molecular weight excluding hydrogens is 326 g/mol. The quantitative estimate of drug-likeness (QED) is 0.807. The Bertz CT molecular complexity index is 732. The summed E-state index contributed by atoms with van der Waals surface area (Å²) in [6.45, 7) is 1.54.